The van der Waals surface area contributed by atoms with Gasteiger partial charge in [0.05, 0.1) is 5.69 Å². The van der Waals surface area contributed by atoms with E-state index in [0.29, 0.717) is 11.3 Å². The van der Waals surface area contributed by atoms with Gasteiger partial charge in [0.15, 0.2) is 0 Å². The van der Waals surface area contributed by atoms with Crippen molar-refractivity contribution in [2.75, 3.05) is 0 Å². The average molecular weight is 399 g/mol. The molecule has 0 saturated heterocycles. The molecule has 0 saturated carbocycles. The standard InChI is InChI=1S/C19H15BrN2O3/c1-13-4-2-3-5-14(13)6-9-19(24)25-12-16-10-18(23)22-11-15(20)7-8-17(22)21-16/h2-11H,12H2,1H3/b9-6+. The van der Waals surface area contributed by atoms with Crippen LogP contribution in [0.1, 0.15) is 16.8 Å². The number of ether oxygens (including phenoxy) is 1. The summed E-state index contributed by atoms with van der Waals surface area (Å²) in [6, 6.07) is 12.6. The Morgan fingerprint density at radius 1 is 1.28 bits per heavy atom. The first kappa shape index (κ1) is 17.1. The van der Waals surface area contributed by atoms with Crippen LogP contribution >= 0.6 is 15.9 Å². The monoisotopic (exact) mass is 398 g/mol. The molecular weight excluding hydrogens is 384 g/mol. The smallest absolute Gasteiger partial charge is 0.331 e. The Hall–Kier alpha value is -2.73. The zero-order valence-electron chi connectivity index (χ0n) is 13.5. The van der Waals surface area contributed by atoms with E-state index in [4.69, 9.17) is 4.74 Å². The summed E-state index contributed by atoms with van der Waals surface area (Å²) in [4.78, 5) is 28.3. The predicted octanol–water partition coefficient (Wildman–Crippen LogP) is 3.52. The number of hydrogen-bond donors (Lipinski definition) is 0. The van der Waals surface area contributed by atoms with Crippen molar-refractivity contribution >= 4 is 33.6 Å². The molecular formula is C19H15BrN2O3. The summed E-state index contributed by atoms with van der Waals surface area (Å²) in [7, 11) is 0. The fourth-order valence-electron chi connectivity index (χ4n) is 2.32. The zero-order valence-corrected chi connectivity index (χ0v) is 15.1. The van der Waals surface area contributed by atoms with E-state index >= 15 is 0 Å². The second-order valence-electron chi connectivity index (χ2n) is 5.46. The normalized spacial score (nSPS) is 11.1. The number of esters is 1. The number of carbonyl (C=O) groups excluding carboxylic acids is 1. The first-order valence-corrected chi connectivity index (χ1v) is 8.40. The Bertz CT molecular complexity index is 1020. The van der Waals surface area contributed by atoms with Gasteiger partial charge in [-0.1, -0.05) is 24.3 Å². The van der Waals surface area contributed by atoms with Crippen LogP contribution in [0.3, 0.4) is 0 Å². The molecule has 0 unspecified atom stereocenters. The molecule has 3 aromatic rings. The third kappa shape index (κ3) is 4.22. The maximum Gasteiger partial charge on any atom is 0.331 e. The van der Waals surface area contributed by atoms with Gasteiger partial charge in [-0.2, -0.15) is 0 Å². The van der Waals surface area contributed by atoms with Crippen LogP contribution in [-0.2, 0) is 16.1 Å². The summed E-state index contributed by atoms with van der Waals surface area (Å²) in [6.45, 7) is 1.91. The second kappa shape index (κ2) is 7.44. The molecule has 3 rings (SSSR count). The SMILES string of the molecule is Cc1ccccc1/C=C/C(=O)OCc1cc(=O)n2cc(Br)ccc2n1. The van der Waals surface area contributed by atoms with Crippen LogP contribution in [0.2, 0.25) is 0 Å². The molecule has 0 aliphatic rings. The van der Waals surface area contributed by atoms with E-state index in [1.54, 1.807) is 24.4 Å². The van der Waals surface area contributed by atoms with E-state index in [0.717, 1.165) is 15.6 Å². The van der Waals surface area contributed by atoms with Crippen molar-refractivity contribution in [2.45, 2.75) is 13.5 Å². The highest BCUT2D eigenvalue weighted by Gasteiger charge is 2.05. The van der Waals surface area contributed by atoms with Crippen LogP contribution in [0.25, 0.3) is 11.7 Å². The molecule has 0 radical (unpaired) electrons. The molecule has 0 fully saturated rings. The summed E-state index contributed by atoms with van der Waals surface area (Å²) >= 11 is 3.31. The van der Waals surface area contributed by atoms with Crippen LogP contribution in [0.4, 0.5) is 0 Å². The molecule has 1 aromatic carbocycles. The first-order chi connectivity index (χ1) is 12.0. The number of fused-ring (bicyclic) bond motifs is 1. The summed E-state index contributed by atoms with van der Waals surface area (Å²) < 4.78 is 7.38. The highest BCUT2D eigenvalue weighted by atomic mass is 79.9. The highest BCUT2D eigenvalue weighted by Crippen LogP contribution is 2.11. The predicted molar refractivity (Wildman–Crippen MR) is 99.2 cm³/mol. The van der Waals surface area contributed by atoms with Gasteiger partial charge in [-0.25, -0.2) is 9.78 Å². The molecule has 126 valence electrons. The number of aromatic nitrogens is 2. The summed E-state index contributed by atoms with van der Waals surface area (Å²) in [6.07, 6.45) is 4.72. The maximum absolute atomic E-state index is 12.1. The van der Waals surface area contributed by atoms with Crippen molar-refractivity contribution < 1.29 is 9.53 Å². The van der Waals surface area contributed by atoms with E-state index in [2.05, 4.69) is 20.9 Å². The van der Waals surface area contributed by atoms with Crippen molar-refractivity contribution in [1.82, 2.24) is 9.38 Å². The molecule has 0 bridgehead atoms. The third-order valence-corrected chi connectivity index (χ3v) is 4.10. The van der Waals surface area contributed by atoms with Gasteiger partial charge in [-0.3, -0.25) is 9.20 Å². The summed E-state index contributed by atoms with van der Waals surface area (Å²) in [5.41, 5.74) is 2.70. The van der Waals surface area contributed by atoms with Gasteiger partial charge >= 0.3 is 5.97 Å². The Morgan fingerprint density at radius 2 is 2.08 bits per heavy atom. The zero-order chi connectivity index (χ0) is 17.8. The number of benzene rings is 1. The molecule has 5 nitrogen and oxygen atoms in total. The van der Waals surface area contributed by atoms with Gasteiger partial charge in [0.25, 0.3) is 5.56 Å². The fraction of sp³-hybridized carbons (Fsp3) is 0.105. The minimum absolute atomic E-state index is 0.0568. The molecule has 0 spiro atoms. The first-order valence-electron chi connectivity index (χ1n) is 7.61. The average Bonchev–Trinajstić information content (AvgIpc) is 2.60. The Labute approximate surface area is 152 Å². The van der Waals surface area contributed by atoms with Crippen LogP contribution < -0.4 is 5.56 Å². The lowest BCUT2D eigenvalue weighted by Crippen LogP contribution is -2.16. The summed E-state index contributed by atoms with van der Waals surface area (Å²) in [5.74, 6) is -0.485. The number of pyridine rings is 1. The van der Waals surface area contributed by atoms with Gasteiger partial charge in [0.2, 0.25) is 0 Å². The Morgan fingerprint density at radius 3 is 2.88 bits per heavy atom. The van der Waals surface area contributed by atoms with E-state index in [1.165, 1.54) is 16.5 Å². The number of carbonyl (C=O) groups is 1. The van der Waals surface area contributed by atoms with Crippen molar-refractivity contribution in [3.63, 3.8) is 0 Å². The number of aryl methyl sites for hydroxylation is 1. The van der Waals surface area contributed by atoms with Gasteiger partial charge in [-0.05, 0) is 52.2 Å². The van der Waals surface area contributed by atoms with E-state index in [1.807, 2.05) is 31.2 Å². The quantitative estimate of drug-likeness (QED) is 0.498. The van der Waals surface area contributed by atoms with Gasteiger partial charge in [-0.15, -0.1) is 0 Å². The van der Waals surface area contributed by atoms with Crippen molar-refractivity contribution in [3.05, 3.63) is 86.4 Å². The van der Waals surface area contributed by atoms with Crippen LogP contribution in [0.15, 0.2) is 64.0 Å². The molecule has 0 atom stereocenters. The Balaban J connectivity index is 1.70. The number of hydrogen-bond acceptors (Lipinski definition) is 4. The highest BCUT2D eigenvalue weighted by molar-refractivity contribution is 9.10. The third-order valence-electron chi connectivity index (χ3n) is 3.63. The minimum Gasteiger partial charge on any atom is -0.456 e. The van der Waals surface area contributed by atoms with Crippen molar-refractivity contribution in [2.24, 2.45) is 0 Å². The largest absolute Gasteiger partial charge is 0.456 e. The summed E-state index contributed by atoms with van der Waals surface area (Å²) in [5, 5.41) is 0. The molecule has 6 heteroatoms. The second-order valence-corrected chi connectivity index (χ2v) is 6.37. The van der Waals surface area contributed by atoms with Gasteiger partial charge < -0.3 is 4.74 Å². The van der Waals surface area contributed by atoms with E-state index < -0.39 is 5.97 Å². The van der Waals surface area contributed by atoms with Crippen LogP contribution in [0.5, 0.6) is 0 Å². The van der Waals surface area contributed by atoms with E-state index in [-0.39, 0.29) is 12.2 Å². The lowest BCUT2D eigenvalue weighted by Gasteiger charge is -2.05. The minimum atomic E-state index is -0.485. The number of halogens is 1. The molecule has 2 aromatic heterocycles. The lowest BCUT2D eigenvalue weighted by molar-refractivity contribution is -0.139. The topological polar surface area (TPSA) is 60.7 Å². The fourth-order valence-corrected chi connectivity index (χ4v) is 2.66. The molecule has 0 N–H and O–H groups in total. The number of nitrogens with zero attached hydrogens (tertiary/aromatic N) is 2. The number of rotatable bonds is 4. The maximum atomic E-state index is 12.1. The molecule has 2 heterocycles. The molecule has 0 amide bonds. The Kier molecular flexibility index (Phi) is 5.09. The van der Waals surface area contributed by atoms with Gasteiger partial charge in [0.1, 0.15) is 12.3 Å². The van der Waals surface area contributed by atoms with Crippen LogP contribution in [0, 0.1) is 6.92 Å². The lowest BCUT2D eigenvalue weighted by atomic mass is 10.1. The van der Waals surface area contributed by atoms with Crippen LogP contribution in [-0.4, -0.2) is 15.4 Å². The van der Waals surface area contributed by atoms with Crippen molar-refractivity contribution in [1.29, 1.82) is 0 Å². The molecule has 0 aliphatic heterocycles. The van der Waals surface area contributed by atoms with E-state index in [9.17, 15) is 9.59 Å². The van der Waals surface area contributed by atoms with Gasteiger partial charge in [0, 0.05) is 22.8 Å². The molecule has 25 heavy (non-hydrogen) atoms. The molecule has 0 aliphatic carbocycles. The van der Waals surface area contributed by atoms with Crippen molar-refractivity contribution in [3.8, 4) is 0 Å².